The first kappa shape index (κ1) is 21.4. The Kier molecular flexibility index (Phi) is 6.03. The van der Waals surface area contributed by atoms with E-state index in [2.05, 4.69) is 21.2 Å². The van der Waals surface area contributed by atoms with Crippen LogP contribution in [0.4, 0.5) is 18.9 Å². The van der Waals surface area contributed by atoms with Gasteiger partial charge in [-0.1, -0.05) is 22.0 Å². The minimum absolute atomic E-state index is 0.0992. The summed E-state index contributed by atoms with van der Waals surface area (Å²) in [6.07, 6.45) is -4.60. The summed E-state index contributed by atoms with van der Waals surface area (Å²) in [5.41, 5.74) is -3.56. The van der Waals surface area contributed by atoms with E-state index < -0.39 is 38.8 Å². The van der Waals surface area contributed by atoms with E-state index in [1.165, 1.54) is 30.3 Å². The first-order chi connectivity index (χ1) is 12.3. The quantitative estimate of drug-likeness (QED) is 0.705. The van der Waals surface area contributed by atoms with E-state index in [-0.39, 0.29) is 10.6 Å². The molecule has 5 nitrogen and oxygen atoms in total. The van der Waals surface area contributed by atoms with E-state index in [1.54, 1.807) is 0 Å². The van der Waals surface area contributed by atoms with Gasteiger partial charge in [0.05, 0.1) is 16.2 Å². The average Bonchev–Trinajstić information content (AvgIpc) is 2.53. The van der Waals surface area contributed by atoms with Crippen molar-refractivity contribution < 1.29 is 31.5 Å². The molecule has 27 heavy (non-hydrogen) atoms. The smallest absolute Gasteiger partial charge is 0.379 e. The van der Waals surface area contributed by atoms with Gasteiger partial charge in [-0.05, 0) is 49.4 Å². The van der Waals surface area contributed by atoms with Crippen LogP contribution in [0.3, 0.4) is 0 Å². The number of aliphatic hydroxyl groups is 1. The summed E-state index contributed by atoms with van der Waals surface area (Å²) in [5.74, 6) is -2.07. The Labute approximate surface area is 162 Å². The van der Waals surface area contributed by atoms with Gasteiger partial charge in [-0.15, -0.1) is 0 Å². The number of amides is 1. The van der Waals surface area contributed by atoms with Crippen LogP contribution in [0.1, 0.15) is 12.5 Å². The number of nitrogens with one attached hydrogen (secondary N) is 1. The number of sulfone groups is 1. The van der Waals surface area contributed by atoms with Gasteiger partial charge in [-0.25, -0.2) is 8.42 Å². The van der Waals surface area contributed by atoms with Gasteiger partial charge >= 0.3 is 6.18 Å². The Bertz CT molecular complexity index is 941. The van der Waals surface area contributed by atoms with Crippen molar-refractivity contribution in [3.8, 4) is 0 Å². The molecule has 0 fully saturated rings. The maximum atomic E-state index is 12.7. The standard InChI is InChI=1S/C17H15BrF3NO4S/c1-16(24,10-27(25,26)14-7-5-12(18)6-8-14)15(23)22-13-4-2-3-11(9-13)17(19,20)21/h2-9,24H,10H2,1H3,(H,22,23)/t16-/m0/s1. The molecule has 0 unspecified atom stereocenters. The van der Waals surface area contributed by atoms with Gasteiger partial charge in [0, 0.05) is 10.2 Å². The van der Waals surface area contributed by atoms with Crippen molar-refractivity contribution in [1.29, 1.82) is 0 Å². The summed E-state index contributed by atoms with van der Waals surface area (Å²) < 4.78 is 63.6. The summed E-state index contributed by atoms with van der Waals surface area (Å²) in [5, 5.41) is 12.4. The molecule has 0 spiro atoms. The normalized spacial score (nSPS) is 14.4. The molecule has 0 saturated carbocycles. The van der Waals surface area contributed by atoms with Gasteiger partial charge in [-0.3, -0.25) is 4.79 Å². The SMILES string of the molecule is C[C@](O)(CS(=O)(=O)c1ccc(Br)cc1)C(=O)Nc1cccc(C(F)(F)F)c1. The number of carbonyl (C=O) groups is 1. The molecule has 2 N–H and O–H groups in total. The molecule has 10 heteroatoms. The molecule has 2 rings (SSSR count). The van der Waals surface area contributed by atoms with E-state index in [9.17, 15) is 31.5 Å². The van der Waals surface area contributed by atoms with Crippen LogP contribution in [0.25, 0.3) is 0 Å². The number of carbonyl (C=O) groups excluding carboxylic acids is 1. The molecule has 0 aliphatic heterocycles. The summed E-state index contributed by atoms with van der Waals surface area (Å²) in [7, 11) is -4.02. The number of hydrogen-bond acceptors (Lipinski definition) is 4. The number of halogens is 4. The van der Waals surface area contributed by atoms with Crippen molar-refractivity contribution in [3.05, 3.63) is 58.6 Å². The van der Waals surface area contributed by atoms with E-state index in [0.29, 0.717) is 10.5 Å². The second-order valence-electron chi connectivity index (χ2n) is 6.02. The zero-order valence-corrected chi connectivity index (χ0v) is 16.3. The predicted molar refractivity (Wildman–Crippen MR) is 96.9 cm³/mol. The molecule has 1 atom stereocenters. The molecule has 0 heterocycles. The molecular formula is C17H15BrF3NO4S. The number of alkyl halides is 3. The molecule has 0 aromatic heterocycles. The number of rotatable bonds is 5. The van der Waals surface area contributed by atoms with Crippen LogP contribution in [0.2, 0.25) is 0 Å². The van der Waals surface area contributed by atoms with E-state index in [0.717, 1.165) is 19.1 Å². The summed E-state index contributed by atoms with van der Waals surface area (Å²) in [4.78, 5) is 12.1. The zero-order chi connectivity index (χ0) is 20.5. The number of anilines is 1. The van der Waals surface area contributed by atoms with Gasteiger partial charge in [-0.2, -0.15) is 13.2 Å². The third-order valence-corrected chi connectivity index (χ3v) is 6.04. The molecule has 2 aromatic carbocycles. The fourth-order valence-electron chi connectivity index (χ4n) is 2.20. The second-order valence-corrected chi connectivity index (χ2v) is 8.92. The maximum absolute atomic E-state index is 12.7. The third-order valence-electron chi connectivity index (χ3n) is 3.58. The van der Waals surface area contributed by atoms with Gasteiger partial charge in [0.15, 0.2) is 15.4 Å². The van der Waals surface area contributed by atoms with Gasteiger partial charge in [0.1, 0.15) is 0 Å². The lowest BCUT2D eigenvalue weighted by Gasteiger charge is -2.22. The highest BCUT2D eigenvalue weighted by Gasteiger charge is 2.37. The fourth-order valence-corrected chi connectivity index (χ4v) is 4.05. The fraction of sp³-hybridized carbons (Fsp3) is 0.235. The Morgan fingerprint density at radius 3 is 2.30 bits per heavy atom. The van der Waals surface area contributed by atoms with Crippen LogP contribution in [0.5, 0.6) is 0 Å². The van der Waals surface area contributed by atoms with Crippen LogP contribution in [0.15, 0.2) is 57.9 Å². The Hall–Kier alpha value is -1.91. The molecule has 1 amide bonds. The Morgan fingerprint density at radius 1 is 1.15 bits per heavy atom. The highest BCUT2D eigenvalue weighted by atomic mass is 79.9. The predicted octanol–water partition coefficient (Wildman–Crippen LogP) is 3.63. The van der Waals surface area contributed by atoms with E-state index >= 15 is 0 Å². The highest BCUT2D eigenvalue weighted by molar-refractivity contribution is 9.10. The van der Waals surface area contributed by atoms with Crippen LogP contribution in [0, 0.1) is 0 Å². The summed E-state index contributed by atoms with van der Waals surface area (Å²) in [6.45, 7) is 0.979. The van der Waals surface area contributed by atoms with Gasteiger partial charge in [0.25, 0.3) is 5.91 Å². The Morgan fingerprint density at radius 2 is 1.74 bits per heavy atom. The lowest BCUT2D eigenvalue weighted by atomic mass is 10.1. The minimum Gasteiger partial charge on any atom is -0.379 e. The van der Waals surface area contributed by atoms with Crippen LogP contribution in [-0.4, -0.2) is 30.8 Å². The summed E-state index contributed by atoms with van der Waals surface area (Å²) in [6, 6.07) is 9.40. The van der Waals surface area contributed by atoms with Crippen molar-refractivity contribution >= 4 is 37.4 Å². The molecule has 2 aromatic rings. The van der Waals surface area contributed by atoms with Crippen molar-refractivity contribution in [3.63, 3.8) is 0 Å². The maximum Gasteiger partial charge on any atom is 0.416 e. The molecule has 0 aliphatic rings. The largest absolute Gasteiger partial charge is 0.416 e. The van der Waals surface area contributed by atoms with Crippen LogP contribution < -0.4 is 5.32 Å². The molecule has 0 radical (unpaired) electrons. The Balaban J connectivity index is 2.19. The van der Waals surface area contributed by atoms with Crippen molar-refractivity contribution in [2.24, 2.45) is 0 Å². The molecular weight excluding hydrogens is 451 g/mol. The zero-order valence-electron chi connectivity index (χ0n) is 13.9. The van der Waals surface area contributed by atoms with Crippen LogP contribution in [-0.2, 0) is 20.8 Å². The van der Waals surface area contributed by atoms with E-state index in [4.69, 9.17) is 0 Å². The number of benzene rings is 2. The second kappa shape index (κ2) is 7.61. The number of hydrogen-bond donors (Lipinski definition) is 2. The first-order valence-electron chi connectivity index (χ1n) is 7.51. The van der Waals surface area contributed by atoms with Crippen molar-refractivity contribution in [2.45, 2.75) is 23.6 Å². The third kappa shape index (κ3) is 5.53. The molecule has 146 valence electrons. The van der Waals surface area contributed by atoms with Crippen molar-refractivity contribution in [2.75, 3.05) is 11.1 Å². The summed E-state index contributed by atoms with van der Waals surface area (Å²) >= 11 is 3.17. The highest BCUT2D eigenvalue weighted by Crippen LogP contribution is 2.31. The van der Waals surface area contributed by atoms with Gasteiger partial charge in [0.2, 0.25) is 0 Å². The molecule has 0 saturated heterocycles. The van der Waals surface area contributed by atoms with Crippen molar-refractivity contribution in [1.82, 2.24) is 0 Å². The lowest BCUT2D eigenvalue weighted by Crippen LogP contribution is -2.45. The first-order valence-corrected chi connectivity index (χ1v) is 9.95. The monoisotopic (exact) mass is 465 g/mol. The van der Waals surface area contributed by atoms with E-state index in [1.807, 2.05) is 0 Å². The minimum atomic E-state index is -4.60. The topological polar surface area (TPSA) is 83.5 Å². The van der Waals surface area contributed by atoms with Gasteiger partial charge < -0.3 is 10.4 Å². The molecule has 0 aliphatic carbocycles. The van der Waals surface area contributed by atoms with Crippen LogP contribution >= 0.6 is 15.9 Å². The lowest BCUT2D eigenvalue weighted by molar-refractivity contribution is -0.137. The molecule has 0 bridgehead atoms. The average molecular weight is 466 g/mol.